The summed E-state index contributed by atoms with van der Waals surface area (Å²) in [6, 6.07) is 7.27. The van der Waals surface area contributed by atoms with Crippen molar-refractivity contribution in [3.8, 4) is 0 Å². The summed E-state index contributed by atoms with van der Waals surface area (Å²) in [5, 5.41) is 2.83. The van der Waals surface area contributed by atoms with Crippen molar-refractivity contribution in [3.05, 3.63) is 24.3 Å². The molecule has 0 bridgehead atoms. The molecule has 1 aliphatic heterocycles. The zero-order valence-electron chi connectivity index (χ0n) is 12.0. The Kier molecular flexibility index (Phi) is 5.38. The summed E-state index contributed by atoms with van der Waals surface area (Å²) in [6.07, 6.45) is 3.69. The topological polar surface area (TPSA) is 67.6 Å². The summed E-state index contributed by atoms with van der Waals surface area (Å²) in [5.41, 5.74) is 7.05. The molecule has 1 fully saturated rings. The van der Waals surface area contributed by atoms with Crippen molar-refractivity contribution in [2.75, 3.05) is 37.8 Å². The fourth-order valence-corrected chi connectivity index (χ4v) is 2.41. The summed E-state index contributed by atoms with van der Waals surface area (Å²) >= 11 is 0. The van der Waals surface area contributed by atoms with Crippen LogP contribution in [0.15, 0.2) is 24.3 Å². The third kappa shape index (κ3) is 4.51. The van der Waals surface area contributed by atoms with Crippen LogP contribution in [0.2, 0.25) is 0 Å². The number of hydrogen-bond acceptors (Lipinski definition) is 4. The average molecular weight is 277 g/mol. The van der Waals surface area contributed by atoms with Gasteiger partial charge in [-0.05, 0) is 38.4 Å². The Morgan fingerprint density at radius 1 is 1.45 bits per heavy atom. The van der Waals surface area contributed by atoms with Crippen LogP contribution in [0.5, 0.6) is 0 Å². The third-order valence-corrected chi connectivity index (χ3v) is 3.44. The van der Waals surface area contributed by atoms with Gasteiger partial charge in [-0.3, -0.25) is 9.69 Å². The van der Waals surface area contributed by atoms with Crippen LogP contribution in [0.3, 0.4) is 0 Å². The van der Waals surface area contributed by atoms with Gasteiger partial charge in [0.1, 0.15) is 0 Å². The van der Waals surface area contributed by atoms with Gasteiger partial charge in [-0.1, -0.05) is 12.1 Å². The second kappa shape index (κ2) is 7.26. The molecule has 20 heavy (non-hydrogen) atoms. The maximum absolute atomic E-state index is 12.0. The number of anilines is 2. The van der Waals surface area contributed by atoms with Gasteiger partial charge in [0.25, 0.3) is 0 Å². The number of likely N-dealkylation sites (N-methyl/N-ethyl adjacent to an activating group) is 1. The van der Waals surface area contributed by atoms with Crippen LogP contribution in [0, 0.1) is 0 Å². The van der Waals surface area contributed by atoms with Gasteiger partial charge < -0.3 is 15.8 Å². The van der Waals surface area contributed by atoms with Crippen molar-refractivity contribution in [1.29, 1.82) is 0 Å². The molecule has 5 heteroatoms. The highest BCUT2D eigenvalue weighted by atomic mass is 16.5. The molecular weight excluding hydrogens is 254 g/mol. The highest BCUT2D eigenvalue weighted by Gasteiger charge is 2.17. The van der Waals surface area contributed by atoms with Gasteiger partial charge >= 0.3 is 0 Å². The predicted octanol–water partition coefficient (Wildman–Crippen LogP) is 1.71. The Morgan fingerprint density at radius 3 is 2.95 bits per heavy atom. The molecule has 3 N–H and O–H groups in total. The average Bonchev–Trinajstić information content (AvgIpc) is 2.42. The highest BCUT2D eigenvalue weighted by molar-refractivity contribution is 5.95. The number of rotatable bonds is 5. The van der Waals surface area contributed by atoms with Gasteiger partial charge in [0.05, 0.1) is 24.0 Å². The highest BCUT2D eigenvalue weighted by Crippen LogP contribution is 2.17. The monoisotopic (exact) mass is 277 g/mol. The van der Waals surface area contributed by atoms with Crippen LogP contribution in [0.4, 0.5) is 11.4 Å². The molecule has 0 aliphatic carbocycles. The van der Waals surface area contributed by atoms with E-state index in [4.69, 9.17) is 10.5 Å². The van der Waals surface area contributed by atoms with Crippen LogP contribution in [0.1, 0.15) is 19.3 Å². The van der Waals surface area contributed by atoms with Crippen molar-refractivity contribution in [2.45, 2.75) is 25.4 Å². The van der Waals surface area contributed by atoms with Crippen LogP contribution < -0.4 is 11.1 Å². The molecule has 0 saturated carbocycles. The molecular formula is C15H23N3O2. The number of nitrogens with one attached hydrogen (secondary N) is 1. The lowest BCUT2D eigenvalue weighted by molar-refractivity contribution is -0.117. The molecule has 1 heterocycles. The van der Waals surface area contributed by atoms with Crippen LogP contribution in [-0.4, -0.2) is 43.7 Å². The summed E-state index contributed by atoms with van der Waals surface area (Å²) in [5.74, 6) is -0.0544. The summed E-state index contributed by atoms with van der Waals surface area (Å²) in [7, 11) is 1.94. The molecule has 1 atom stereocenters. The number of nitrogens with zero attached hydrogens (tertiary/aromatic N) is 1. The normalized spacial score (nSPS) is 19.0. The van der Waals surface area contributed by atoms with Crippen molar-refractivity contribution in [2.24, 2.45) is 0 Å². The lowest BCUT2D eigenvalue weighted by atomic mass is 10.1. The first-order valence-corrected chi connectivity index (χ1v) is 7.09. The smallest absolute Gasteiger partial charge is 0.238 e. The van der Waals surface area contributed by atoms with Crippen molar-refractivity contribution >= 4 is 17.3 Å². The van der Waals surface area contributed by atoms with Crippen molar-refractivity contribution < 1.29 is 9.53 Å². The number of benzene rings is 1. The molecule has 1 aromatic carbocycles. The summed E-state index contributed by atoms with van der Waals surface area (Å²) in [4.78, 5) is 14.0. The van der Waals surface area contributed by atoms with Gasteiger partial charge in [-0.2, -0.15) is 0 Å². The van der Waals surface area contributed by atoms with E-state index >= 15 is 0 Å². The Morgan fingerprint density at radius 2 is 2.25 bits per heavy atom. The number of carbonyl (C=O) groups is 1. The molecule has 1 saturated heterocycles. The number of hydrogen-bond donors (Lipinski definition) is 2. The Hall–Kier alpha value is -1.59. The van der Waals surface area contributed by atoms with E-state index in [0.29, 0.717) is 17.9 Å². The largest absolute Gasteiger partial charge is 0.397 e. The molecule has 0 aromatic heterocycles. The van der Waals surface area contributed by atoms with E-state index in [1.165, 1.54) is 6.42 Å². The molecule has 0 spiro atoms. The van der Waals surface area contributed by atoms with Gasteiger partial charge in [-0.25, -0.2) is 0 Å². The minimum atomic E-state index is -0.0544. The number of para-hydroxylation sites is 2. The minimum absolute atomic E-state index is 0.0544. The van der Waals surface area contributed by atoms with Gasteiger partial charge in [0, 0.05) is 13.2 Å². The fourth-order valence-electron chi connectivity index (χ4n) is 2.41. The van der Waals surface area contributed by atoms with Gasteiger partial charge in [0.2, 0.25) is 5.91 Å². The molecule has 1 aliphatic rings. The van der Waals surface area contributed by atoms with E-state index in [0.717, 1.165) is 26.0 Å². The second-order valence-electron chi connectivity index (χ2n) is 5.32. The van der Waals surface area contributed by atoms with Gasteiger partial charge in [-0.15, -0.1) is 0 Å². The minimum Gasteiger partial charge on any atom is -0.397 e. The maximum Gasteiger partial charge on any atom is 0.238 e. The Balaban J connectivity index is 1.77. The zero-order chi connectivity index (χ0) is 14.4. The molecule has 1 unspecified atom stereocenters. The van der Waals surface area contributed by atoms with Crippen LogP contribution in [0.25, 0.3) is 0 Å². The molecule has 5 nitrogen and oxygen atoms in total. The second-order valence-corrected chi connectivity index (χ2v) is 5.32. The Labute approximate surface area is 120 Å². The number of carbonyl (C=O) groups excluding carboxylic acids is 1. The first-order valence-electron chi connectivity index (χ1n) is 7.09. The standard InChI is InChI=1S/C15H23N3O2/c1-18(10-12-6-4-5-9-20-12)11-15(19)17-14-8-3-2-7-13(14)16/h2-3,7-8,12H,4-6,9-11,16H2,1H3,(H,17,19). The van der Waals surface area contributed by atoms with E-state index in [9.17, 15) is 4.79 Å². The lowest BCUT2D eigenvalue weighted by Gasteiger charge is -2.27. The van der Waals surface area contributed by atoms with E-state index in [2.05, 4.69) is 5.32 Å². The first kappa shape index (κ1) is 14.8. The fraction of sp³-hybridized carbons (Fsp3) is 0.533. The number of nitrogen functional groups attached to an aromatic ring is 1. The van der Waals surface area contributed by atoms with Gasteiger partial charge in [0.15, 0.2) is 0 Å². The quantitative estimate of drug-likeness (QED) is 0.804. The van der Waals surface area contributed by atoms with Crippen molar-refractivity contribution in [3.63, 3.8) is 0 Å². The molecule has 2 rings (SSSR count). The molecule has 0 radical (unpaired) electrons. The third-order valence-electron chi connectivity index (χ3n) is 3.44. The molecule has 1 aromatic rings. The number of amides is 1. The lowest BCUT2D eigenvalue weighted by Crippen LogP contribution is -2.37. The summed E-state index contributed by atoms with van der Waals surface area (Å²) < 4.78 is 5.67. The number of nitrogens with two attached hydrogens (primary N) is 1. The van der Waals surface area contributed by atoms with E-state index in [1.807, 2.05) is 24.1 Å². The SMILES string of the molecule is CN(CC(=O)Nc1ccccc1N)CC1CCCCO1. The first-order chi connectivity index (χ1) is 9.65. The van der Waals surface area contributed by atoms with E-state index in [-0.39, 0.29) is 12.0 Å². The van der Waals surface area contributed by atoms with Crippen molar-refractivity contribution in [1.82, 2.24) is 4.90 Å². The van der Waals surface area contributed by atoms with Crippen LogP contribution in [-0.2, 0) is 9.53 Å². The Bertz CT molecular complexity index is 444. The number of ether oxygens (including phenoxy) is 1. The van der Waals surface area contributed by atoms with E-state index < -0.39 is 0 Å². The molecule has 1 amide bonds. The predicted molar refractivity (Wildman–Crippen MR) is 80.6 cm³/mol. The van der Waals surface area contributed by atoms with Crippen LogP contribution >= 0.6 is 0 Å². The zero-order valence-corrected chi connectivity index (χ0v) is 12.0. The maximum atomic E-state index is 12.0. The summed E-state index contributed by atoms with van der Waals surface area (Å²) in [6.45, 7) is 1.97. The molecule has 110 valence electrons. The van der Waals surface area contributed by atoms with E-state index in [1.54, 1.807) is 12.1 Å².